The fourth-order valence-corrected chi connectivity index (χ4v) is 2.34. The lowest BCUT2D eigenvalue weighted by atomic mass is 9.98. The molecule has 0 aliphatic rings. The lowest BCUT2D eigenvalue weighted by Crippen LogP contribution is -2.37. The number of carbonyl (C=O) groups excluding carboxylic acids is 3. The van der Waals surface area contributed by atoms with Crippen LogP contribution in [-0.2, 0) is 4.79 Å². The van der Waals surface area contributed by atoms with E-state index in [9.17, 15) is 14.4 Å². The summed E-state index contributed by atoms with van der Waals surface area (Å²) in [5.41, 5.74) is 0.937. The smallest absolute Gasteiger partial charge is 0.252 e. The van der Waals surface area contributed by atoms with Crippen molar-refractivity contribution < 1.29 is 14.4 Å². The van der Waals surface area contributed by atoms with E-state index in [-0.39, 0.29) is 29.4 Å². The number of nitrogens with one attached hydrogen (secondary N) is 2. The Balaban J connectivity index is 2.14. The number of carbonyl (C=O) groups is 3. The molecule has 0 fully saturated rings. The molecule has 0 bridgehead atoms. The molecule has 0 unspecified atom stereocenters. The molecule has 0 aliphatic carbocycles. The van der Waals surface area contributed by atoms with Gasteiger partial charge in [0.2, 0.25) is 5.91 Å². The Morgan fingerprint density at radius 2 is 1.56 bits per heavy atom. The topological polar surface area (TPSA) is 75.3 Å². The van der Waals surface area contributed by atoms with Gasteiger partial charge in [-0.3, -0.25) is 14.4 Å². The third-order valence-corrected chi connectivity index (χ3v) is 3.76. The fraction of sp³-hybridized carbons (Fsp3) is 0.211. The van der Waals surface area contributed by atoms with Crippen LogP contribution in [0.3, 0.4) is 0 Å². The van der Waals surface area contributed by atoms with Crippen LogP contribution in [0.15, 0.2) is 48.5 Å². The first-order valence-electron chi connectivity index (χ1n) is 7.97. The van der Waals surface area contributed by atoms with Crippen molar-refractivity contribution in [3.8, 4) is 0 Å². The minimum atomic E-state index is -0.468. The molecule has 130 valence electrons. The predicted molar refractivity (Wildman–Crippen MR) is 97.0 cm³/mol. The summed E-state index contributed by atoms with van der Waals surface area (Å²) in [6, 6.07) is 13.0. The number of hydrogen-bond acceptors (Lipinski definition) is 3. The summed E-state index contributed by atoms with van der Waals surface area (Å²) >= 11 is 5.84. The van der Waals surface area contributed by atoms with Crippen LogP contribution < -0.4 is 10.6 Å². The summed E-state index contributed by atoms with van der Waals surface area (Å²) in [4.78, 5) is 36.6. The summed E-state index contributed by atoms with van der Waals surface area (Å²) in [5.74, 6) is -1.01. The van der Waals surface area contributed by atoms with Gasteiger partial charge in [-0.15, -0.1) is 0 Å². The molecule has 0 spiro atoms. The molecule has 6 heteroatoms. The Kier molecular flexibility index (Phi) is 6.71. The van der Waals surface area contributed by atoms with Crippen molar-refractivity contribution in [1.29, 1.82) is 0 Å². The minimum Gasteiger partial charge on any atom is -0.355 e. The van der Waals surface area contributed by atoms with Crippen LogP contribution >= 0.6 is 11.6 Å². The number of benzene rings is 2. The molecule has 0 saturated carbocycles. The second-order valence-corrected chi connectivity index (χ2v) is 5.85. The van der Waals surface area contributed by atoms with Gasteiger partial charge in [-0.25, -0.2) is 0 Å². The summed E-state index contributed by atoms with van der Waals surface area (Å²) in [6.45, 7) is 2.36. The van der Waals surface area contributed by atoms with Crippen molar-refractivity contribution in [2.24, 2.45) is 0 Å². The van der Waals surface area contributed by atoms with Gasteiger partial charge < -0.3 is 10.6 Å². The number of rotatable bonds is 7. The van der Waals surface area contributed by atoms with Crippen molar-refractivity contribution in [3.63, 3.8) is 0 Å². The van der Waals surface area contributed by atoms with Crippen LogP contribution in [0.5, 0.6) is 0 Å². The highest BCUT2D eigenvalue weighted by molar-refractivity contribution is 6.30. The molecule has 5 nitrogen and oxygen atoms in total. The van der Waals surface area contributed by atoms with Gasteiger partial charge in [0.15, 0.2) is 5.78 Å². The molecule has 0 radical (unpaired) electrons. The van der Waals surface area contributed by atoms with Crippen LogP contribution in [0.1, 0.15) is 39.6 Å². The molecular formula is C19H19ClN2O3. The van der Waals surface area contributed by atoms with Crippen molar-refractivity contribution in [3.05, 3.63) is 70.2 Å². The van der Waals surface area contributed by atoms with Gasteiger partial charge in [0.1, 0.15) is 0 Å². The van der Waals surface area contributed by atoms with Crippen LogP contribution in [0.2, 0.25) is 5.02 Å². The Hall–Kier alpha value is -2.66. The second kappa shape index (κ2) is 8.99. The highest BCUT2D eigenvalue weighted by Gasteiger charge is 2.18. The molecule has 0 heterocycles. The van der Waals surface area contributed by atoms with Crippen molar-refractivity contribution >= 4 is 29.2 Å². The van der Waals surface area contributed by atoms with E-state index in [1.54, 1.807) is 48.5 Å². The first kappa shape index (κ1) is 18.7. The normalized spacial score (nSPS) is 10.2. The number of halogens is 1. The molecule has 0 saturated heterocycles. The maximum absolute atomic E-state index is 12.7. The monoisotopic (exact) mass is 358 g/mol. The van der Waals surface area contributed by atoms with Crippen molar-refractivity contribution in [1.82, 2.24) is 10.6 Å². The van der Waals surface area contributed by atoms with E-state index in [0.29, 0.717) is 17.1 Å². The Bertz CT molecular complexity index is 772. The van der Waals surface area contributed by atoms with Crippen LogP contribution in [0.4, 0.5) is 0 Å². The van der Waals surface area contributed by atoms with Gasteiger partial charge in [0.05, 0.1) is 12.1 Å². The van der Waals surface area contributed by atoms with E-state index in [2.05, 4.69) is 10.6 Å². The molecule has 2 rings (SSSR count). The molecule has 2 aromatic carbocycles. The predicted octanol–water partition coefficient (Wildman–Crippen LogP) is 2.83. The van der Waals surface area contributed by atoms with Gasteiger partial charge in [-0.05, 0) is 36.8 Å². The number of amides is 2. The van der Waals surface area contributed by atoms with Crippen LogP contribution in [0.25, 0.3) is 0 Å². The SMILES string of the molecule is CCCNC(=O)CNC(=O)c1ccccc1C(=O)c1ccc(Cl)cc1. The number of ketones is 1. The van der Waals surface area contributed by atoms with E-state index in [0.717, 1.165) is 6.42 Å². The first-order valence-corrected chi connectivity index (χ1v) is 8.35. The summed E-state index contributed by atoms with van der Waals surface area (Å²) in [7, 11) is 0. The zero-order valence-electron chi connectivity index (χ0n) is 13.8. The van der Waals surface area contributed by atoms with Crippen LogP contribution in [0, 0.1) is 0 Å². The third kappa shape index (κ3) is 5.16. The van der Waals surface area contributed by atoms with Gasteiger partial charge in [0, 0.05) is 22.7 Å². The largest absolute Gasteiger partial charge is 0.355 e. The standard InChI is InChI=1S/C19H19ClN2O3/c1-2-11-21-17(23)12-22-19(25)16-6-4-3-5-15(16)18(24)13-7-9-14(20)10-8-13/h3-10H,2,11-12H2,1H3,(H,21,23)(H,22,25). The van der Waals surface area contributed by atoms with Crippen molar-refractivity contribution in [2.75, 3.05) is 13.1 Å². The van der Waals surface area contributed by atoms with E-state index < -0.39 is 5.91 Å². The molecule has 0 aliphatic heterocycles. The fourth-order valence-electron chi connectivity index (χ4n) is 2.22. The van der Waals surface area contributed by atoms with Gasteiger partial charge in [-0.2, -0.15) is 0 Å². The van der Waals surface area contributed by atoms with E-state index in [1.165, 1.54) is 0 Å². The van der Waals surface area contributed by atoms with Gasteiger partial charge in [-0.1, -0.05) is 36.7 Å². The summed E-state index contributed by atoms with van der Waals surface area (Å²) in [6.07, 6.45) is 0.818. The highest BCUT2D eigenvalue weighted by atomic mass is 35.5. The molecule has 2 aromatic rings. The molecule has 0 aromatic heterocycles. The highest BCUT2D eigenvalue weighted by Crippen LogP contribution is 2.17. The Morgan fingerprint density at radius 3 is 2.20 bits per heavy atom. The van der Waals surface area contributed by atoms with E-state index in [4.69, 9.17) is 11.6 Å². The number of hydrogen-bond donors (Lipinski definition) is 2. The molecular weight excluding hydrogens is 340 g/mol. The van der Waals surface area contributed by atoms with Gasteiger partial charge in [0.25, 0.3) is 5.91 Å². The third-order valence-electron chi connectivity index (χ3n) is 3.50. The van der Waals surface area contributed by atoms with Crippen LogP contribution in [-0.4, -0.2) is 30.7 Å². The molecule has 0 atom stereocenters. The first-order chi connectivity index (χ1) is 12.0. The summed E-state index contributed by atoms with van der Waals surface area (Å²) in [5, 5.41) is 5.74. The molecule has 25 heavy (non-hydrogen) atoms. The zero-order chi connectivity index (χ0) is 18.2. The van der Waals surface area contributed by atoms with Crippen molar-refractivity contribution in [2.45, 2.75) is 13.3 Å². The average Bonchev–Trinajstić information content (AvgIpc) is 2.64. The lowest BCUT2D eigenvalue weighted by Gasteiger charge is -2.10. The second-order valence-electron chi connectivity index (χ2n) is 5.41. The lowest BCUT2D eigenvalue weighted by molar-refractivity contribution is -0.120. The quantitative estimate of drug-likeness (QED) is 0.747. The Labute approximate surface area is 151 Å². The summed E-state index contributed by atoms with van der Waals surface area (Å²) < 4.78 is 0. The molecule has 2 amide bonds. The minimum absolute atomic E-state index is 0.137. The van der Waals surface area contributed by atoms with Gasteiger partial charge >= 0.3 is 0 Å². The maximum Gasteiger partial charge on any atom is 0.252 e. The zero-order valence-corrected chi connectivity index (χ0v) is 14.6. The molecule has 2 N–H and O–H groups in total. The van der Waals surface area contributed by atoms with E-state index >= 15 is 0 Å². The average molecular weight is 359 g/mol. The Morgan fingerprint density at radius 1 is 0.920 bits per heavy atom. The van der Waals surface area contributed by atoms with E-state index in [1.807, 2.05) is 6.92 Å². The maximum atomic E-state index is 12.7.